The molecular weight excluding hydrogens is 295 g/mol. The van der Waals surface area contributed by atoms with Crippen molar-refractivity contribution >= 4 is 28.7 Å². The number of benzene rings is 1. The van der Waals surface area contributed by atoms with E-state index in [0.717, 1.165) is 17.7 Å². The molecule has 3 rings (SSSR count). The molecule has 1 nitrogen and oxygen atoms in total. The summed E-state index contributed by atoms with van der Waals surface area (Å²) in [6.07, 6.45) is 4.60. The average molecular weight is 309 g/mol. The molecule has 20 heavy (non-hydrogen) atoms. The summed E-state index contributed by atoms with van der Waals surface area (Å²) in [5.41, 5.74) is 1.67. The van der Waals surface area contributed by atoms with Crippen LogP contribution in [0.4, 0.5) is 4.39 Å². The van der Waals surface area contributed by atoms with Crippen LogP contribution in [0.15, 0.2) is 24.3 Å². The molecule has 4 heteroatoms. The standard InChI is InChI=1S/C16H14ClFOS/c17-12-6-3-5-11(16(12)18)8-13(19)15-9-10-4-1-2-7-14(10)20-15/h3,5-6,9H,1-2,4,7-8H2. The Morgan fingerprint density at radius 2 is 2.10 bits per heavy atom. The van der Waals surface area contributed by atoms with Crippen LogP contribution in [0.3, 0.4) is 0 Å². The van der Waals surface area contributed by atoms with E-state index in [1.54, 1.807) is 23.5 Å². The van der Waals surface area contributed by atoms with Crippen LogP contribution in [0, 0.1) is 5.82 Å². The van der Waals surface area contributed by atoms with E-state index in [1.165, 1.54) is 29.3 Å². The van der Waals surface area contributed by atoms with Gasteiger partial charge in [0.2, 0.25) is 0 Å². The lowest BCUT2D eigenvalue weighted by Gasteiger charge is -2.08. The molecule has 0 saturated carbocycles. The van der Waals surface area contributed by atoms with E-state index >= 15 is 0 Å². The van der Waals surface area contributed by atoms with Crippen LogP contribution in [0.2, 0.25) is 5.02 Å². The SMILES string of the molecule is O=C(Cc1cccc(Cl)c1F)c1cc2c(s1)CCCC2. The Labute approximate surface area is 126 Å². The zero-order valence-corrected chi connectivity index (χ0v) is 12.5. The molecule has 1 aromatic heterocycles. The third kappa shape index (κ3) is 2.65. The number of Topliss-reactive ketones (excluding diaryl/α,β-unsaturated/α-hetero) is 1. The predicted octanol–water partition coefficient (Wildman–Crippen LogP) is 4.84. The minimum atomic E-state index is -0.483. The summed E-state index contributed by atoms with van der Waals surface area (Å²) in [5, 5.41) is 0.0702. The number of aryl methyl sites for hydroxylation is 2. The lowest BCUT2D eigenvalue weighted by atomic mass is 9.98. The Morgan fingerprint density at radius 3 is 2.90 bits per heavy atom. The van der Waals surface area contributed by atoms with Gasteiger partial charge in [-0.1, -0.05) is 23.7 Å². The van der Waals surface area contributed by atoms with Crippen molar-refractivity contribution < 1.29 is 9.18 Å². The zero-order chi connectivity index (χ0) is 14.1. The maximum Gasteiger partial charge on any atom is 0.177 e. The molecule has 1 heterocycles. The predicted molar refractivity (Wildman–Crippen MR) is 80.4 cm³/mol. The van der Waals surface area contributed by atoms with Crippen molar-refractivity contribution in [3.8, 4) is 0 Å². The first-order valence-electron chi connectivity index (χ1n) is 6.73. The van der Waals surface area contributed by atoms with Crippen LogP contribution >= 0.6 is 22.9 Å². The molecule has 1 aliphatic rings. The molecule has 1 aromatic carbocycles. The fourth-order valence-corrected chi connectivity index (χ4v) is 3.96. The molecule has 1 aliphatic carbocycles. The van der Waals surface area contributed by atoms with Gasteiger partial charge in [-0.3, -0.25) is 4.79 Å². The third-order valence-corrected chi connectivity index (χ3v) is 5.22. The van der Waals surface area contributed by atoms with Crippen molar-refractivity contribution in [3.05, 3.63) is 56.0 Å². The Balaban J connectivity index is 1.82. The lowest BCUT2D eigenvalue weighted by molar-refractivity contribution is 0.0995. The molecule has 0 atom stereocenters. The van der Waals surface area contributed by atoms with Crippen LogP contribution in [-0.2, 0) is 19.3 Å². The molecule has 0 radical (unpaired) electrons. The summed E-state index contributed by atoms with van der Waals surface area (Å²) < 4.78 is 13.8. The van der Waals surface area contributed by atoms with Gasteiger partial charge in [-0.05, 0) is 48.9 Å². The molecule has 0 fully saturated rings. The first-order chi connectivity index (χ1) is 9.65. The fourth-order valence-electron chi connectivity index (χ4n) is 2.57. The van der Waals surface area contributed by atoms with Gasteiger partial charge in [0, 0.05) is 11.3 Å². The number of hydrogen-bond acceptors (Lipinski definition) is 2. The summed E-state index contributed by atoms with van der Waals surface area (Å²) in [6.45, 7) is 0. The van der Waals surface area contributed by atoms with Gasteiger partial charge in [-0.25, -0.2) is 4.39 Å². The van der Waals surface area contributed by atoms with Gasteiger partial charge < -0.3 is 0 Å². The van der Waals surface area contributed by atoms with Crippen LogP contribution in [0.5, 0.6) is 0 Å². The number of carbonyl (C=O) groups is 1. The van der Waals surface area contributed by atoms with Crippen LogP contribution < -0.4 is 0 Å². The molecule has 0 aliphatic heterocycles. The van der Waals surface area contributed by atoms with Crippen molar-refractivity contribution in [1.29, 1.82) is 0 Å². The quantitative estimate of drug-likeness (QED) is 0.741. The molecule has 0 spiro atoms. The summed E-state index contributed by atoms with van der Waals surface area (Å²) in [7, 11) is 0. The smallest absolute Gasteiger partial charge is 0.177 e. The van der Waals surface area contributed by atoms with Gasteiger partial charge >= 0.3 is 0 Å². The van der Waals surface area contributed by atoms with Crippen molar-refractivity contribution in [1.82, 2.24) is 0 Å². The third-order valence-electron chi connectivity index (χ3n) is 3.65. The topological polar surface area (TPSA) is 17.1 Å². The van der Waals surface area contributed by atoms with Gasteiger partial charge in [0.05, 0.1) is 9.90 Å². The zero-order valence-electron chi connectivity index (χ0n) is 10.9. The number of thiophene rings is 1. The summed E-state index contributed by atoms with van der Waals surface area (Å²) in [6, 6.07) is 6.78. The van der Waals surface area contributed by atoms with Gasteiger partial charge in [0.25, 0.3) is 0 Å². The van der Waals surface area contributed by atoms with E-state index in [2.05, 4.69) is 0 Å². The van der Waals surface area contributed by atoms with E-state index in [-0.39, 0.29) is 17.2 Å². The number of fused-ring (bicyclic) bond motifs is 1. The number of hydrogen-bond donors (Lipinski definition) is 0. The van der Waals surface area contributed by atoms with Gasteiger partial charge in [0.1, 0.15) is 5.82 Å². The van der Waals surface area contributed by atoms with Crippen molar-refractivity contribution in [2.45, 2.75) is 32.1 Å². The first kappa shape index (κ1) is 13.8. The van der Waals surface area contributed by atoms with Gasteiger partial charge in [0.15, 0.2) is 5.78 Å². The van der Waals surface area contributed by atoms with E-state index in [0.29, 0.717) is 5.56 Å². The largest absolute Gasteiger partial charge is 0.293 e. The normalized spacial score (nSPS) is 14.1. The van der Waals surface area contributed by atoms with E-state index in [9.17, 15) is 9.18 Å². The minimum absolute atomic E-state index is 0.0226. The summed E-state index contributed by atoms with van der Waals surface area (Å²) in [4.78, 5) is 14.4. The van der Waals surface area contributed by atoms with Crippen LogP contribution in [0.25, 0.3) is 0 Å². The van der Waals surface area contributed by atoms with Gasteiger partial charge in [-0.2, -0.15) is 0 Å². The Bertz CT molecular complexity index is 639. The molecule has 2 aromatic rings. The number of carbonyl (C=O) groups excluding carboxylic acids is 1. The number of ketones is 1. The van der Waals surface area contributed by atoms with Crippen LogP contribution in [0.1, 0.15) is 38.5 Å². The Morgan fingerprint density at radius 1 is 1.30 bits per heavy atom. The first-order valence-corrected chi connectivity index (χ1v) is 7.92. The second-order valence-corrected chi connectivity index (χ2v) is 6.62. The summed E-state index contributed by atoms with van der Waals surface area (Å²) >= 11 is 7.31. The van der Waals surface area contributed by atoms with E-state index in [4.69, 9.17) is 11.6 Å². The molecule has 0 N–H and O–H groups in total. The van der Waals surface area contributed by atoms with Crippen molar-refractivity contribution in [2.24, 2.45) is 0 Å². The molecule has 104 valence electrons. The molecule has 0 bridgehead atoms. The van der Waals surface area contributed by atoms with E-state index < -0.39 is 5.82 Å². The molecule has 0 amide bonds. The second-order valence-electron chi connectivity index (χ2n) is 5.08. The molecular formula is C16H14ClFOS. The second kappa shape index (κ2) is 5.66. The van der Waals surface area contributed by atoms with E-state index in [1.807, 2.05) is 6.07 Å². The molecule has 0 unspecified atom stereocenters. The lowest BCUT2D eigenvalue weighted by Crippen LogP contribution is -2.03. The summed E-state index contributed by atoms with van der Waals surface area (Å²) in [5.74, 6) is -0.505. The Kier molecular flexibility index (Phi) is 3.90. The minimum Gasteiger partial charge on any atom is -0.293 e. The van der Waals surface area contributed by atoms with Crippen LogP contribution in [-0.4, -0.2) is 5.78 Å². The Hall–Kier alpha value is -1.19. The highest BCUT2D eigenvalue weighted by molar-refractivity contribution is 7.14. The average Bonchev–Trinajstić information content (AvgIpc) is 2.88. The van der Waals surface area contributed by atoms with Crippen molar-refractivity contribution in [2.75, 3.05) is 0 Å². The maximum absolute atomic E-state index is 13.8. The maximum atomic E-state index is 13.8. The number of halogens is 2. The number of rotatable bonds is 3. The molecule has 0 saturated heterocycles. The highest BCUT2D eigenvalue weighted by atomic mass is 35.5. The van der Waals surface area contributed by atoms with Crippen molar-refractivity contribution in [3.63, 3.8) is 0 Å². The highest BCUT2D eigenvalue weighted by Gasteiger charge is 2.18. The fraction of sp³-hybridized carbons (Fsp3) is 0.312. The monoisotopic (exact) mass is 308 g/mol. The highest BCUT2D eigenvalue weighted by Crippen LogP contribution is 2.30. The van der Waals surface area contributed by atoms with Gasteiger partial charge in [-0.15, -0.1) is 11.3 Å².